The first-order valence-corrected chi connectivity index (χ1v) is 5.91. The smallest absolute Gasteiger partial charge is 0.426 e. The second kappa shape index (κ2) is 4.30. The van der Waals surface area contributed by atoms with E-state index in [-0.39, 0.29) is 13.8 Å². The maximum Gasteiger partial charge on any atom is 0.453 e. The fraction of sp³-hybridized carbons (Fsp3) is 0.143. The summed E-state index contributed by atoms with van der Waals surface area (Å²) in [6.07, 6.45) is -4.92. The summed E-state index contributed by atoms with van der Waals surface area (Å²) in [5.41, 5.74) is -1.64. The lowest BCUT2D eigenvalue weighted by Gasteiger charge is -2.04. The van der Waals surface area contributed by atoms with Crippen LogP contribution < -0.4 is 0 Å². The van der Waals surface area contributed by atoms with Crippen LogP contribution in [0.25, 0.3) is 11.2 Å². The number of hydrogen-bond donors (Lipinski definition) is 1. The first-order valence-electron chi connectivity index (χ1n) is 4.33. The molecule has 7 nitrogen and oxygen atoms in total. The van der Waals surface area contributed by atoms with E-state index in [1.165, 1.54) is 0 Å². The van der Waals surface area contributed by atoms with E-state index in [0.717, 1.165) is 0 Å². The molecule has 0 aliphatic rings. The molecule has 102 valence electrons. The minimum absolute atomic E-state index is 0.286. The van der Waals surface area contributed by atoms with Crippen LogP contribution >= 0.6 is 31.9 Å². The highest BCUT2D eigenvalue weighted by Crippen LogP contribution is 2.39. The quantitative estimate of drug-likeness (QED) is 0.340. The minimum Gasteiger partial charge on any atom is -0.426 e. The number of pyridine rings is 1. The van der Waals surface area contributed by atoms with Gasteiger partial charge in [-0.2, -0.15) is 17.9 Å². The number of hydrogen-bond acceptors (Lipinski definition) is 5. The van der Waals surface area contributed by atoms with Crippen LogP contribution in [0.2, 0.25) is 0 Å². The molecule has 0 atom stereocenters. The summed E-state index contributed by atoms with van der Waals surface area (Å²) in [5, 5.41) is 20.2. The van der Waals surface area contributed by atoms with Gasteiger partial charge in [0.2, 0.25) is 0 Å². The largest absolute Gasteiger partial charge is 0.453 e. The number of nitrogens with zero attached hydrogens (tertiary/aromatic N) is 4. The van der Waals surface area contributed by atoms with Crippen molar-refractivity contribution in [3.8, 4) is 0 Å². The lowest BCUT2D eigenvalue weighted by atomic mass is 10.4. The molecule has 0 aliphatic heterocycles. The molecule has 2 aromatic rings. The standard InChI is InChI=1S/C7HBr2F3N4O3/c8-1-2(16(18)19)4(9)13-5-3(1)15(17)6(14-5)7(10,11)12/h17H. The Hall–Kier alpha value is -1.43. The first kappa shape index (κ1) is 14.0. The van der Waals surface area contributed by atoms with E-state index < -0.39 is 33.8 Å². The number of imidazole rings is 1. The number of alkyl halides is 3. The second-order valence-corrected chi connectivity index (χ2v) is 4.78. The number of fused-ring (bicyclic) bond motifs is 1. The van der Waals surface area contributed by atoms with Gasteiger partial charge in [0.1, 0.15) is 9.99 Å². The van der Waals surface area contributed by atoms with E-state index in [4.69, 9.17) is 0 Å². The summed E-state index contributed by atoms with van der Waals surface area (Å²) in [5.74, 6) is -1.62. The zero-order valence-corrected chi connectivity index (χ0v) is 11.6. The Labute approximate surface area is 118 Å². The Morgan fingerprint density at radius 2 is 1.89 bits per heavy atom. The third-order valence-corrected chi connectivity index (χ3v) is 3.39. The summed E-state index contributed by atoms with van der Waals surface area (Å²) in [7, 11) is 0. The van der Waals surface area contributed by atoms with Gasteiger partial charge in [0.05, 0.1) is 4.92 Å². The summed E-state index contributed by atoms with van der Waals surface area (Å²) in [6.45, 7) is 0. The van der Waals surface area contributed by atoms with Gasteiger partial charge in [0.15, 0.2) is 10.3 Å². The maximum atomic E-state index is 12.5. The van der Waals surface area contributed by atoms with E-state index in [0.29, 0.717) is 0 Å². The van der Waals surface area contributed by atoms with Crippen molar-refractivity contribution < 1.29 is 23.3 Å². The van der Waals surface area contributed by atoms with Gasteiger partial charge in [0.25, 0.3) is 5.82 Å². The summed E-state index contributed by atoms with van der Waals surface area (Å²) in [6, 6.07) is 0. The van der Waals surface area contributed by atoms with Gasteiger partial charge >= 0.3 is 11.9 Å². The first-order chi connectivity index (χ1) is 8.64. The van der Waals surface area contributed by atoms with Crippen LogP contribution in [0.5, 0.6) is 0 Å². The normalized spacial score (nSPS) is 12.1. The van der Waals surface area contributed by atoms with E-state index in [1.54, 1.807) is 0 Å². The van der Waals surface area contributed by atoms with Crippen LogP contribution in [-0.2, 0) is 6.18 Å². The van der Waals surface area contributed by atoms with Gasteiger partial charge in [-0.05, 0) is 31.9 Å². The van der Waals surface area contributed by atoms with Crippen LogP contribution in [0.4, 0.5) is 18.9 Å². The number of aromatic nitrogens is 3. The number of halogens is 5. The summed E-state index contributed by atoms with van der Waals surface area (Å²) < 4.78 is 36.7. The molecule has 0 bridgehead atoms. The molecule has 0 aliphatic carbocycles. The third-order valence-electron chi connectivity index (χ3n) is 2.09. The lowest BCUT2D eigenvalue weighted by Crippen LogP contribution is -2.13. The van der Waals surface area contributed by atoms with Crippen molar-refractivity contribution in [1.82, 2.24) is 14.7 Å². The van der Waals surface area contributed by atoms with Gasteiger partial charge in [-0.1, -0.05) is 0 Å². The molecule has 2 rings (SSSR count). The average molecular weight is 406 g/mol. The maximum absolute atomic E-state index is 12.5. The number of rotatable bonds is 1. The zero-order chi connectivity index (χ0) is 14.5. The van der Waals surface area contributed by atoms with Crippen molar-refractivity contribution >= 4 is 48.7 Å². The van der Waals surface area contributed by atoms with Gasteiger partial charge in [-0.25, -0.2) is 9.97 Å². The Kier molecular flexibility index (Phi) is 3.16. The molecule has 2 heterocycles. The molecule has 12 heteroatoms. The SMILES string of the molecule is O=[N+]([O-])c1c(Br)nc2nc(C(F)(F)F)n(O)c2c1Br. The Bertz CT molecular complexity index is 699. The Balaban J connectivity index is 2.91. The van der Waals surface area contributed by atoms with Gasteiger partial charge in [-0.15, -0.1) is 0 Å². The molecule has 0 amide bonds. The number of nitro groups is 1. The molecule has 0 unspecified atom stereocenters. The van der Waals surface area contributed by atoms with E-state index in [9.17, 15) is 28.5 Å². The van der Waals surface area contributed by atoms with E-state index >= 15 is 0 Å². The van der Waals surface area contributed by atoms with Crippen molar-refractivity contribution in [2.75, 3.05) is 0 Å². The summed E-state index contributed by atoms with van der Waals surface area (Å²) >= 11 is 5.52. The molecular formula is C7HBr2F3N4O3. The van der Waals surface area contributed by atoms with Crippen LogP contribution in [0.3, 0.4) is 0 Å². The van der Waals surface area contributed by atoms with Crippen molar-refractivity contribution in [2.24, 2.45) is 0 Å². The van der Waals surface area contributed by atoms with Crippen molar-refractivity contribution in [3.63, 3.8) is 0 Å². The van der Waals surface area contributed by atoms with E-state index in [1.807, 2.05) is 0 Å². The molecule has 0 fully saturated rings. The third kappa shape index (κ3) is 2.14. The molecule has 0 spiro atoms. The average Bonchev–Trinajstić information content (AvgIpc) is 2.54. The molecular weight excluding hydrogens is 405 g/mol. The van der Waals surface area contributed by atoms with Gasteiger partial charge in [0, 0.05) is 0 Å². The molecule has 1 N–H and O–H groups in total. The van der Waals surface area contributed by atoms with E-state index in [2.05, 4.69) is 41.8 Å². The predicted octanol–water partition coefficient (Wildman–Crippen LogP) is 3.12. The molecule has 0 aromatic carbocycles. The van der Waals surface area contributed by atoms with Crippen molar-refractivity contribution in [2.45, 2.75) is 6.18 Å². The Morgan fingerprint density at radius 3 is 2.37 bits per heavy atom. The van der Waals surface area contributed by atoms with Gasteiger partial charge < -0.3 is 5.21 Å². The van der Waals surface area contributed by atoms with Crippen molar-refractivity contribution in [3.05, 3.63) is 25.0 Å². The zero-order valence-electron chi connectivity index (χ0n) is 8.44. The van der Waals surface area contributed by atoms with Crippen LogP contribution in [-0.4, -0.2) is 24.8 Å². The highest BCUT2D eigenvalue weighted by Gasteiger charge is 2.40. The Morgan fingerprint density at radius 1 is 1.32 bits per heavy atom. The van der Waals surface area contributed by atoms with Crippen LogP contribution in [0.1, 0.15) is 5.82 Å². The molecule has 2 aromatic heterocycles. The van der Waals surface area contributed by atoms with Crippen molar-refractivity contribution in [1.29, 1.82) is 0 Å². The highest BCUT2D eigenvalue weighted by atomic mass is 79.9. The lowest BCUT2D eigenvalue weighted by molar-refractivity contribution is -0.386. The summed E-state index contributed by atoms with van der Waals surface area (Å²) in [4.78, 5) is 16.5. The highest BCUT2D eigenvalue weighted by molar-refractivity contribution is 9.11. The van der Waals surface area contributed by atoms with Crippen LogP contribution in [0, 0.1) is 10.1 Å². The second-order valence-electron chi connectivity index (χ2n) is 3.24. The molecule has 0 saturated carbocycles. The predicted molar refractivity (Wildman–Crippen MR) is 61.8 cm³/mol. The fourth-order valence-electron chi connectivity index (χ4n) is 1.36. The minimum atomic E-state index is -4.92. The van der Waals surface area contributed by atoms with Gasteiger partial charge in [-0.3, -0.25) is 10.1 Å². The monoisotopic (exact) mass is 404 g/mol. The topological polar surface area (TPSA) is 94.1 Å². The molecule has 0 saturated heterocycles. The fourth-order valence-corrected chi connectivity index (χ4v) is 2.81. The van der Waals surface area contributed by atoms with Crippen LogP contribution in [0.15, 0.2) is 9.08 Å². The molecule has 0 radical (unpaired) electrons. The molecule has 19 heavy (non-hydrogen) atoms.